The van der Waals surface area contributed by atoms with Crippen LogP contribution in [0.4, 0.5) is 5.82 Å². The Kier molecular flexibility index (Phi) is 2.68. The Morgan fingerprint density at radius 2 is 2.29 bits per heavy atom. The first-order valence-electron chi connectivity index (χ1n) is 5.17. The van der Waals surface area contributed by atoms with Crippen molar-refractivity contribution in [2.24, 2.45) is 11.7 Å². The van der Waals surface area contributed by atoms with Crippen LogP contribution in [0.15, 0.2) is 18.3 Å². The zero-order valence-electron chi connectivity index (χ0n) is 8.61. The number of nitrogens with zero attached hydrogens (tertiary/aromatic N) is 2. The Morgan fingerprint density at radius 3 is 2.86 bits per heavy atom. The van der Waals surface area contributed by atoms with Gasteiger partial charge in [0.15, 0.2) is 0 Å². The van der Waals surface area contributed by atoms with Crippen molar-refractivity contribution >= 4 is 5.82 Å². The topological polar surface area (TPSA) is 42.1 Å². The zero-order chi connectivity index (χ0) is 9.97. The van der Waals surface area contributed by atoms with E-state index in [9.17, 15) is 0 Å². The first-order chi connectivity index (χ1) is 6.79. The minimum atomic E-state index is 0.781. The summed E-state index contributed by atoms with van der Waals surface area (Å²) in [4.78, 5) is 6.69. The van der Waals surface area contributed by atoms with E-state index in [0.717, 1.165) is 37.8 Å². The average Bonchev–Trinajstić information content (AvgIpc) is 2.13. The Hall–Kier alpha value is -1.09. The molecule has 1 saturated heterocycles. The van der Waals surface area contributed by atoms with Gasteiger partial charge in [0.05, 0.1) is 0 Å². The molecule has 76 valence electrons. The van der Waals surface area contributed by atoms with Crippen molar-refractivity contribution in [2.45, 2.75) is 13.3 Å². The quantitative estimate of drug-likeness (QED) is 0.780. The normalized spacial score (nSPS) is 16.9. The maximum absolute atomic E-state index is 5.51. The Balaban J connectivity index is 1.90. The molecule has 1 aliphatic heterocycles. The molecule has 0 saturated carbocycles. The van der Waals surface area contributed by atoms with Crippen LogP contribution in [0.1, 0.15) is 12.0 Å². The van der Waals surface area contributed by atoms with E-state index in [4.69, 9.17) is 5.73 Å². The van der Waals surface area contributed by atoms with Gasteiger partial charge in [-0.3, -0.25) is 0 Å². The minimum Gasteiger partial charge on any atom is -0.356 e. The van der Waals surface area contributed by atoms with Crippen LogP contribution in [0, 0.1) is 12.8 Å². The van der Waals surface area contributed by atoms with Crippen molar-refractivity contribution in [2.75, 3.05) is 24.5 Å². The Morgan fingerprint density at radius 1 is 1.50 bits per heavy atom. The van der Waals surface area contributed by atoms with Gasteiger partial charge in [0, 0.05) is 19.3 Å². The maximum atomic E-state index is 5.51. The van der Waals surface area contributed by atoms with E-state index in [1.54, 1.807) is 0 Å². The van der Waals surface area contributed by atoms with Gasteiger partial charge in [0.25, 0.3) is 0 Å². The van der Waals surface area contributed by atoms with Gasteiger partial charge in [0.2, 0.25) is 0 Å². The number of nitrogens with two attached hydrogens (primary N) is 1. The monoisotopic (exact) mass is 191 g/mol. The van der Waals surface area contributed by atoms with E-state index < -0.39 is 0 Å². The number of hydrogen-bond donors (Lipinski definition) is 1. The van der Waals surface area contributed by atoms with Crippen molar-refractivity contribution in [3.05, 3.63) is 23.9 Å². The highest BCUT2D eigenvalue weighted by molar-refractivity contribution is 5.42. The van der Waals surface area contributed by atoms with Crippen molar-refractivity contribution in [1.29, 1.82) is 0 Å². The molecule has 0 aliphatic carbocycles. The van der Waals surface area contributed by atoms with Crippen molar-refractivity contribution in [1.82, 2.24) is 4.98 Å². The lowest BCUT2D eigenvalue weighted by Gasteiger charge is -2.40. The number of hydrogen-bond acceptors (Lipinski definition) is 3. The lowest BCUT2D eigenvalue weighted by molar-refractivity contribution is 0.386. The summed E-state index contributed by atoms with van der Waals surface area (Å²) in [6.45, 7) is 5.10. The molecule has 14 heavy (non-hydrogen) atoms. The van der Waals surface area contributed by atoms with Gasteiger partial charge in [-0.2, -0.15) is 0 Å². The van der Waals surface area contributed by atoms with Gasteiger partial charge in [-0.05, 0) is 37.4 Å². The van der Waals surface area contributed by atoms with Crippen LogP contribution in [-0.2, 0) is 0 Å². The molecule has 1 aromatic heterocycles. The summed E-state index contributed by atoms with van der Waals surface area (Å²) >= 11 is 0. The Labute approximate surface area is 84.9 Å². The fourth-order valence-electron chi connectivity index (χ4n) is 1.82. The molecule has 3 heteroatoms. The van der Waals surface area contributed by atoms with Gasteiger partial charge < -0.3 is 10.6 Å². The second kappa shape index (κ2) is 3.96. The summed E-state index contributed by atoms with van der Waals surface area (Å²) in [5.74, 6) is 1.88. The lowest BCUT2D eigenvalue weighted by Crippen LogP contribution is -2.47. The Bertz CT molecular complexity index is 288. The molecule has 0 atom stereocenters. The molecule has 1 fully saturated rings. The van der Waals surface area contributed by atoms with Crippen LogP contribution in [-0.4, -0.2) is 24.6 Å². The summed E-state index contributed by atoms with van der Waals surface area (Å²) in [5.41, 5.74) is 6.72. The van der Waals surface area contributed by atoms with Crippen LogP contribution < -0.4 is 10.6 Å². The molecular formula is C11H17N3. The van der Waals surface area contributed by atoms with Gasteiger partial charge >= 0.3 is 0 Å². The van der Waals surface area contributed by atoms with Crippen LogP contribution in [0.2, 0.25) is 0 Å². The molecule has 2 heterocycles. The van der Waals surface area contributed by atoms with Crippen molar-refractivity contribution < 1.29 is 0 Å². The molecule has 2 rings (SSSR count). The molecule has 0 radical (unpaired) electrons. The molecule has 1 aromatic rings. The molecular weight excluding hydrogens is 174 g/mol. The van der Waals surface area contributed by atoms with Crippen LogP contribution >= 0.6 is 0 Å². The second-order valence-electron chi connectivity index (χ2n) is 4.04. The number of rotatable bonds is 3. The fourth-order valence-corrected chi connectivity index (χ4v) is 1.82. The van der Waals surface area contributed by atoms with Crippen molar-refractivity contribution in [3.8, 4) is 0 Å². The standard InChI is InChI=1S/C11H17N3/c1-9-2-3-11(13-6-9)14-7-10(8-14)4-5-12/h2-3,6,10H,4-5,7-8,12H2,1H3. The van der Waals surface area contributed by atoms with E-state index in [1.165, 1.54) is 5.56 Å². The molecule has 2 N–H and O–H groups in total. The molecule has 0 bridgehead atoms. The molecule has 0 spiro atoms. The SMILES string of the molecule is Cc1ccc(N2CC(CCN)C2)nc1. The van der Waals surface area contributed by atoms with Gasteiger partial charge in [-0.1, -0.05) is 6.07 Å². The lowest BCUT2D eigenvalue weighted by atomic mass is 9.96. The molecule has 0 unspecified atom stereocenters. The fraction of sp³-hybridized carbons (Fsp3) is 0.545. The number of anilines is 1. The molecule has 1 aliphatic rings. The molecule has 3 nitrogen and oxygen atoms in total. The highest BCUT2D eigenvalue weighted by atomic mass is 15.2. The third kappa shape index (κ3) is 1.87. The third-order valence-corrected chi connectivity index (χ3v) is 2.75. The van der Waals surface area contributed by atoms with Gasteiger partial charge in [-0.15, -0.1) is 0 Å². The van der Waals surface area contributed by atoms with E-state index in [0.29, 0.717) is 0 Å². The average molecular weight is 191 g/mol. The summed E-state index contributed by atoms with van der Waals surface area (Å²) in [6, 6.07) is 4.20. The highest BCUT2D eigenvalue weighted by Crippen LogP contribution is 2.24. The third-order valence-electron chi connectivity index (χ3n) is 2.75. The van der Waals surface area contributed by atoms with E-state index in [-0.39, 0.29) is 0 Å². The first kappa shape index (κ1) is 9.46. The smallest absolute Gasteiger partial charge is 0.128 e. The van der Waals surface area contributed by atoms with E-state index in [2.05, 4.69) is 28.9 Å². The second-order valence-corrected chi connectivity index (χ2v) is 4.04. The van der Waals surface area contributed by atoms with Crippen LogP contribution in [0.3, 0.4) is 0 Å². The zero-order valence-corrected chi connectivity index (χ0v) is 8.61. The number of aryl methyl sites for hydroxylation is 1. The van der Waals surface area contributed by atoms with Gasteiger partial charge in [0.1, 0.15) is 5.82 Å². The van der Waals surface area contributed by atoms with Crippen LogP contribution in [0.25, 0.3) is 0 Å². The molecule has 0 aromatic carbocycles. The summed E-state index contributed by atoms with van der Waals surface area (Å²) in [7, 11) is 0. The van der Waals surface area contributed by atoms with Crippen LogP contribution in [0.5, 0.6) is 0 Å². The summed E-state index contributed by atoms with van der Waals surface area (Å²) in [6.07, 6.45) is 3.06. The van der Waals surface area contributed by atoms with E-state index in [1.807, 2.05) is 6.20 Å². The predicted molar refractivity (Wildman–Crippen MR) is 58.3 cm³/mol. The maximum Gasteiger partial charge on any atom is 0.128 e. The van der Waals surface area contributed by atoms with Crippen molar-refractivity contribution in [3.63, 3.8) is 0 Å². The summed E-state index contributed by atoms with van der Waals surface area (Å²) < 4.78 is 0. The first-order valence-corrected chi connectivity index (χ1v) is 5.17. The largest absolute Gasteiger partial charge is 0.356 e. The minimum absolute atomic E-state index is 0.781. The number of aromatic nitrogens is 1. The highest BCUT2D eigenvalue weighted by Gasteiger charge is 2.26. The van der Waals surface area contributed by atoms with E-state index >= 15 is 0 Å². The van der Waals surface area contributed by atoms with Gasteiger partial charge in [-0.25, -0.2) is 4.98 Å². The molecule has 0 amide bonds. The summed E-state index contributed by atoms with van der Waals surface area (Å²) in [5, 5.41) is 0. The number of pyridine rings is 1. The predicted octanol–water partition coefficient (Wildman–Crippen LogP) is 1.18.